The molecule has 0 aliphatic rings. The highest BCUT2D eigenvalue weighted by molar-refractivity contribution is 7.15. The van der Waals surface area contributed by atoms with Crippen molar-refractivity contribution in [1.29, 1.82) is 0 Å². The summed E-state index contributed by atoms with van der Waals surface area (Å²) in [7, 11) is 1.80. The topological polar surface area (TPSA) is 50.5 Å². The van der Waals surface area contributed by atoms with Crippen molar-refractivity contribution >= 4 is 22.2 Å². The predicted molar refractivity (Wildman–Crippen MR) is 78.0 cm³/mol. The summed E-state index contributed by atoms with van der Waals surface area (Å²) in [6, 6.07) is 3.93. The number of thiazole rings is 1. The molecule has 0 aromatic carbocycles. The normalized spacial score (nSPS) is 10.8. The maximum Gasteiger partial charge on any atom is 0.273 e. The van der Waals surface area contributed by atoms with Crippen LogP contribution >= 0.6 is 11.3 Å². The average Bonchev–Trinajstić information content (AvgIpc) is 3.06. The van der Waals surface area contributed by atoms with E-state index in [9.17, 15) is 4.79 Å². The fourth-order valence-electron chi connectivity index (χ4n) is 1.97. The minimum Gasteiger partial charge on any atom is -0.340 e. The van der Waals surface area contributed by atoms with Gasteiger partial charge in [-0.05, 0) is 24.1 Å². The fraction of sp³-hybridized carbons (Fsp3) is 0.214. The smallest absolute Gasteiger partial charge is 0.273 e. The molecular formula is C14H14N4OS. The number of aromatic nitrogens is 3. The molecule has 3 aromatic heterocycles. The van der Waals surface area contributed by atoms with Crippen LogP contribution in [0.3, 0.4) is 0 Å². The Labute approximate surface area is 120 Å². The summed E-state index contributed by atoms with van der Waals surface area (Å²) >= 11 is 1.52. The number of carbonyl (C=O) groups is 1. The summed E-state index contributed by atoms with van der Waals surface area (Å²) in [5.41, 5.74) is 1.67. The Morgan fingerprint density at radius 2 is 2.20 bits per heavy atom. The molecule has 0 bridgehead atoms. The van der Waals surface area contributed by atoms with Crippen molar-refractivity contribution in [3.8, 4) is 0 Å². The molecule has 0 saturated carbocycles. The van der Waals surface area contributed by atoms with Crippen LogP contribution in [0.25, 0.3) is 4.96 Å². The van der Waals surface area contributed by atoms with Crippen LogP contribution in [0, 0.1) is 0 Å². The molecule has 0 spiro atoms. The maximum absolute atomic E-state index is 12.3. The van der Waals surface area contributed by atoms with Crippen molar-refractivity contribution in [1.82, 2.24) is 19.3 Å². The van der Waals surface area contributed by atoms with Crippen molar-refractivity contribution in [3.63, 3.8) is 0 Å². The molecule has 3 aromatic rings. The van der Waals surface area contributed by atoms with Gasteiger partial charge < -0.3 is 4.90 Å². The Morgan fingerprint density at radius 1 is 1.40 bits per heavy atom. The van der Waals surface area contributed by atoms with Crippen LogP contribution < -0.4 is 0 Å². The third-order valence-electron chi connectivity index (χ3n) is 3.14. The molecule has 0 N–H and O–H groups in total. The van der Waals surface area contributed by atoms with Gasteiger partial charge in [0.05, 0.1) is 0 Å². The lowest BCUT2D eigenvalue weighted by Gasteiger charge is -2.15. The molecule has 6 heteroatoms. The Morgan fingerprint density at radius 3 is 2.95 bits per heavy atom. The van der Waals surface area contributed by atoms with Crippen LogP contribution in [-0.2, 0) is 6.42 Å². The summed E-state index contributed by atoms with van der Waals surface area (Å²) in [5, 5.41) is 1.95. The van der Waals surface area contributed by atoms with Crippen molar-refractivity contribution in [2.45, 2.75) is 6.42 Å². The van der Waals surface area contributed by atoms with Gasteiger partial charge >= 0.3 is 0 Å². The van der Waals surface area contributed by atoms with E-state index in [0.29, 0.717) is 12.2 Å². The molecule has 3 rings (SSSR count). The molecule has 102 valence electrons. The van der Waals surface area contributed by atoms with Crippen LogP contribution in [0.1, 0.15) is 16.1 Å². The molecule has 20 heavy (non-hydrogen) atoms. The quantitative estimate of drug-likeness (QED) is 0.738. The number of pyridine rings is 1. The van der Waals surface area contributed by atoms with E-state index >= 15 is 0 Å². The molecule has 1 amide bonds. The van der Waals surface area contributed by atoms with Crippen molar-refractivity contribution in [2.75, 3.05) is 13.6 Å². The number of hydrogen-bond acceptors (Lipinski definition) is 4. The zero-order valence-electron chi connectivity index (χ0n) is 11.1. The second-order valence-electron chi connectivity index (χ2n) is 4.55. The van der Waals surface area contributed by atoms with Gasteiger partial charge in [0.15, 0.2) is 4.96 Å². The van der Waals surface area contributed by atoms with E-state index in [-0.39, 0.29) is 5.91 Å². The van der Waals surface area contributed by atoms with Gasteiger partial charge in [0, 0.05) is 43.8 Å². The highest BCUT2D eigenvalue weighted by Crippen LogP contribution is 2.12. The average molecular weight is 286 g/mol. The van der Waals surface area contributed by atoms with Crippen LogP contribution in [0.4, 0.5) is 0 Å². The Hall–Kier alpha value is -2.21. The molecule has 5 nitrogen and oxygen atoms in total. The van der Waals surface area contributed by atoms with E-state index in [2.05, 4.69) is 9.97 Å². The van der Waals surface area contributed by atoms with Crippen molar-refractivity contribution < 1.29 is 4.79 Å². The molecule has 0 aliphatic carbocycles. The number of rotatable bonds is 4. The van der Waals surface area contributed by atoms with Gasteiger partial charge in [0.2, 0.25) is 0 Å². The van der Waals surface area contributed by atoms with E-state index in [0.717, 1.165) is 11.4 Å². The molecular weight excluding hydrogens is 272 g/mol. The van der Waals surface area contributed by atoms with E-state index < -0.39 is 0 Å². The van der Waals surface area contributed by atoms with Crippen LogP contribution in [-0.4, -0.2) is 38.8 Å². The van der Waals surface area contributed by atoms with Gasteiger partial charge in [-0.3, -0.25) is 14.2 Å². The summed E-state index contributed by atoms with van der Waals surface area (Å²) < 4.78 is 1.87. The standard InChI is InChI=1S/C14H14N4OS/c1-17(7-4-11-2-5-15-6-3-11)13(19)12-10-18-8-9-20-14(18)16-12/h2-3,5-6,8-10H,4,7H2,1H3. The Bertz CT molecular complexity index is 690. The number of nitrogens with zero attached hydrogens (tertiary/aromatic N) is 4. The third-order valence-corrected chi connectivity index (χ3v) is 3.92. The zero-order chi connectivity index (χ0) is 13.9. The van der Waals surface area contributed by atoms with Gasteiger partial charge in [0.25, 0.3) is 5.91 Å². The van der Waals surface area contributed by atoms with E-state index in [1.807, 2.05) is 28.1 Å². The van der Waals surface area contributed by atoms with Crippen molar-refractivity contribution in [3.05, 3.63) is 53.6 Å². The first-order valence-corrected chi connectivity index (χ1v) is 7.18. The highest BCUT2D eigenvalue weighted by Gasteiger charge is 2.15. The number of carbonyl (C=O) groups excluding carboxylic acids is 1. The van der Waals surface area contributed by atoms with E-state index in [4.69, 9.17) is 0 Å². The van der Waals surface area contributed by atoms with E-state index in [1.54, 1.807) is 30.5 Å². The highest BCUT2D eigenvalue weighted by atomic mass is 32.1. The Balaban J connectivity index is 1.66. The van der Waals surface area contributed by atoms with Gasteiger partial charge in [-0.2, -0.15) is 0 Å². The molecule has 0 atom stereocenters. The number of hydrogen-bond donors (Lipinski definition) is 0. The van der Waals surface area contributed by atoms with Crippen molar-refractivity contribution in [2.24, 2.45) is 0 Å². The second-order valence-corrected chi connectivity index (χ2v) is 5.42. The van der Waals surface area contributed by atoms with Crippen LogP contribution in [0.15, 0.2) is 42.3 Å². The minimum absolute atomic E-state index is 0.0463. The monoisotopic (exact) mass is 286 g/mol. The lowest BCUT2D eigenvalue weighted by atomic mass is 10.2. The predicted octanol–water partition coefficient (Wildman–Crippen LogP) is 2.11. The molecule has 0 aliphatic heterocycles. The first-order valence-electron chi connectivity index (χ1n) is 6.30. The first kappa shape index (κ1) is 12.8. The summed E-state index contributed by atoms with van der Waals surface area (Å²) in [5.74, 6) is -0.0463. The molecule has 3 heterocycles. The fourth-order valence-corrected chi connectivity index (χ4v) is 2.67. The summed E-state index contributed by atoms with van der Waals surface area (Å²) in [6.07, 6.45) is 8.02. The molecule has 0 saturated heterocycles. The lowest BCUT2D eigenvalue weighted by Crippen LogP contribution is -2.29. The van der Waals surface area contributed by atoms with Gasteiger partial charge in [0.1, 0.15) is 5.69 Å². The molecule has 0 radical (unpaired) electrons. The van der Waals surface area contributed by atoms with Gasteiger partial charge in [-0.1, -0.05) is 0 Å². The van der Waals surface area contributed by atoms with E-state index in [1.165, 1.54) is 16.9 Å². The number of fused-ring (bicyclic) bond motifs is 1. The SMILES string of the molecule is CN(CCc1ccncc1)C(=O)c1cn2ccsc2n1. The molecule has 0 unspecified atom stereocenters. The number of imidazole rings is 1. The van der Waals surface area contributed by atoms with Crippen LogP contribution in [0.2, 0.25) is 0 Å². The molecule has 0 fully saturated rings. The number of likely N-dealkylation sites (N-methyl/N-ethyl adjacent to an activating group) is 1. The zero-order valence-corrected chi connectivity index (χ0v) is 11.9. The summed E-state index contributed by atoms with van der Waals surface area (Å²) in [4.78, 5) is 23.1. The first-order chi connectivity index (χ1) is 9.74. The number of amides is 1. The third kappa shape index (κ3) is 2.55. The lowest BCUT2D eigenvalue weighted by molar-refractivity contribution is 0.0791. The maximum atomic E-state index is 12.3. The van der Waals surface area contributed by atoms with Gasteiger partial charge in [-0.15, -0.1) is 11.3 Å². The second kappa shape index (κ2) is 5.42. The van der Waals surface area contributed by atoms with Crippen LogP contribution in [0.5, 0.6) is 0 Å². The largest absolute Gasteiger partial charge is 0.340 e. The summed E-state index contributed by atoms with van der Waals surface area (Å²) in [6.45, 7) is 0.661. The minimum atomic E-state index is -0.0463. The van der Waals surface area contributed by atoms with Gasteiger partial charge in [-0.25, -0.2) is 4.98 Å². The Kier molecular flexibility index (Phi) is 3.47.